The molecule has 0 saturated heterocycles. The van der Waals surface area contributed by atoms with Gasteiger partial charge in [0.15, 0.2) is 0 Å². The first-order chi connectivity index (χ1) is 9.36. The van der Waals surface area contributed by atoms with Gasteiger partial charge in [0.05, 0.1) is 23.0 Å². The van der Waals surface area contributed by atoms with Crippen LogP contribution in [0.15, 0.2) is 47.6 Å². The molecule has 0 spiro atoms. The van der Waals surface area contributed by atoms with Crippen LogP contribution in [-0.4, -0.2) is 20.7 Å². The van der Waals surface area contributed by atoms with Crippen LogP contribution >= 0.6 is 11.8 Å². The second kappa shape index (κ2) is 5.17. The number of hydrogen-bond acceptors (Lipinski definition) is 3. The molecule has 2 aromatic heterocycles. The lowest BCUT2D eigenvalue weighted by atomic mass is 10.2. The molecule has 0 atom stereocenters. The summed E-state index contributed by atoms with van der Waals surface area (Å²) in [6, 6.07) is 10.1. The molecule has 0 bridgehead atoms. The van der Waals surface area contributed by atoms with E-state index < -0.39 is 0 Å². The van der Waals surface area contributed by atoms with Crippen LogP contribution in [0.25, 0.3) is 22.4 Å². The van der Waals surface area contributed by atoms with Gasteiger partial charge in [0.1, 0.15) is 5.82 Å². The van der Waals surface area contributed by atoms with E-state index in [0.717, 1.165) is 27.3 Å². The molecule has 1 N–H and O–H groups in total. The summed E-state index contributed by atoms with van der Waals surface area (Å²) >= 11 is 1.65. The zero-order chi connectivity index (χ0) is 13.1. The summed E-state index contributed by atoms with van der Waals surface area (Å²) in [5.41, 5.74) is 2.92. The van der Waals surface area contributed by atoms with Gasteiger partial charge >= 0.3 is 0 Å². The molecular formula is C15H11N3S. The highest BCUT2D eigenvalue weighted by Crippen LogP contribution is 2.25. The monoisotopic (exact) mass is 265 g/mol. The van der Waals surface area contributed by atoms with Crippen molar-refractivity contribution in [1.29, 1.82) is 0 Å². The molecule has 92 valence electrons. The van der Waals surface area contributed by atoms with Crippen LogP contribution in [0.3, 0.4) is 0 Å². The number of nitrogens with zero attached hydrogens (tertiary/aromatic N) is 2. The molecule has 3 aromatic rings. The molecule has 0 radical (unpaired) electrons. The van der Waals surface area contributed by atoms with Crippen molar-refractivity contribution < 1.29 is 0 Å². The fraction of sp³-hybridized carbons (Fsp3) is 0.0667. The van der Waals surface area contributed by atoms with Gasteiger partial charge in [-0.3, -0.25) is 4.98 Å². The topological polar surface area (TPSA) is 41.6 Å². The fourth-order valence-corrected chi connectivity index (χ4v) is 2.49. The molecule has 0 saturated carbocycles. The summed E-state index contributed by atoms with van der Waals surface area (Å²) in [6.45, 7) is 0. The number of aromatic nitrogens is 3. The van der Waals surface area contributed by atoms with E-state index in [-0.39, 0.29) is 0 Å². The molecule has 19 heavy (non-hydrogen) atoms. The highest BCUT2D eigenvalue weighted by Gasteiger charge is 2.05. The SMILES string of the molecule is C#CCSc1cccc(-c2nc3ccncc3[nH]2)c1. The number of pyridine rings is 1. The summed E-state index contributed by atoms with van der Waals surface area (Å²) < 4.78 is 0. The van der Waals surface area contributed by atoms with Gasteiger partial charge in [0.25, 0.3) is 0 Å². The van der Waals surface area contributed by atoms with Gasteiger partial charge in [0, 0.05) is 16.7 Å². The Morgan fingerprint density at radius 1 is 1.32 bits per heavy atom. The maximum absolute atomic E-state index is 5.28. The average molecular weight is 265 g/mol. The highest BCUT2D eigenvalue weighted by atomic mass is 32.2. The second-order valence-electron chi connectivity index (χ2n) is 4.00. The quantitative estimate of drug-likeness (QED) is 0.583. The highest BCUT2D eigenvalue weighted by molar-refractivity contribution is 7.99. The molecule has 0 amide bonds. The smallest absolute Gasteiger partial charge is 0.138 e. The lowest BCUT2D eigenvalue weighted by molar-refractivity contribution is 1.31. The van der Waals surface area contributed by atoms with Crippen LogP contribution in [0.1, 0.15) is 0 Å². The molecule has 2 heterocycles. The lowest BCUT2D eigenvalue weighted by Crippen LogP contribution is -1.81. The van der Waals surface area contributed by atoms with Crippen molar-refractivity contribution in [1.82, 2.24) is 15.0 Å². The maximum Gasteiger partial charge on any atom is 0.138 e. The predicted octanol–water partition coefficient (Wildman–Crippen LogP) is 3.35. The Labute approximate surface area is 115 Å². The number of fused-ring (bicyclic) bond motifs is 1. The number of thioether (sulfide) groups is 1. The summed E-state index contributed by atoms with van der Waals surface area (Å²) in [4.78, 5) is 13.1. The minimum absolute atomic E-state index is 0.674. The van der Waals surface area contributed by atoms with Crippen molar-refractivity contribution in [3.63, 3.8) is 0 Å². The number of nitrogens with one attached hydrogen (secondary N) is 1. The Morgan fingerprint density at radius 3 is 3.11 bits per heavy atom. The van der Waals surface area contributed by atoms with E-state index in [1.165, 1.54) is 0 Å². The minimum atomic E-state index is 0.674. The van der Waals surface area contributed by atoms with Crippen LogP contribution < -0.4 is 0 Å². The third kappa shape index (κ3) is 2.47. The van der Waals surface area contributed by atoms with Gasteiger partial charge in [-0.25, -0.2) is 4.98 Å². The Bertz CT molecular complexity index is 722. The van der Waals surface area contributed by atoms with Crippen LogP contribution in [-0.2, 0) is 0 Å². The molecule has 0 aliphatic carbocycles. The summed E-state index contributed by atoms with van der Waals surface area (Å²) in [6.07, 6.45) is 8.80. The van der Waals surface area contributed by atoms with Gasteiger partial charge in [0.2, 0.25) is 0 Å². The fourth-order valence-electron chi connectivity index (χ4n) is 1.85. The molecular weight excluding hydrogens is 254 g/mol. The standard InChI is InChI=1S/C15H11N3S/c1-2-8-19-12-5-3-4-11(9-12)15-17-13-6-7-16-10-14(13)18-15/h1,3-7,9-10H,8H2,(H,17,18). The molecule has 4 heteroatoms. The van der Waals surface area contributed by atoms with E-state index in [4.69, 9.17) is 6.42 Å². The van der Waals surface area contributed by atoms with Gasteiger partial charge in [-0.1, -0.05) is 18.1 Å². The molecule has 0 fully saturated rings. The zero-order valence-electron chi connectivity index (χ0n) is 10.1. The number of H-pyrrole nitrogens is 1. The second-order valence-corrected chi connectivity index (χ2v) is 5.05. The largest absolute Gasteiger partial charge is 0.337 e. The number of benzene rings is 1. The van der Waals surface area contributed by atoms with Gasteiger partial charge in [-0.2, -0.15) is 0 Å². The molecule has 0 unspecified atom stereocenters. The summed E-state index contributed by atoms with van der Waals surface area (Å²) in [7, 11) is 0. The number of terminal acetylenes is 1. The van der Waals surface area contributed by atoms with Crippen molar-refractivity contribution in [3.8, 4) is 23.7 Å². The third-order valence-electron chi connectivity index (χ3n) is 2.71. The van der Waals surface area contributed by atoms with E-state index in [9.17, 15) is 0 Å². The van der Waals surface area contributed by atoms with Crippen molar-refractivity contribution in [2.75, 3.05) is 5.75 Å². The maximum atomic E-state index is 5.28. The molecule has 1 aromatic carbocycles. The number of rotatable bonds is 3. The first-order valence-corrected chi connectivity index (χ1v) is 6.82. The Balaban J connectivity index is 1.99. The Hall–Kier alpha value is -2.25. The van der Waals surface area contributed by atoms with E-state index in [1.807, 2.05) is 18.2 Å². The molecule has 0 aliphatic heterocycles. The number of hydrogen-bond donors (Lipinski definition) is 1. The first-order valence-electron chi connectivity index (χ1n) is 5.83. The van der Waals surface area contributed by atoms with Crippen LogP contribution in [0.2, 0.25) is 0 Å². The van der Waals surface area contributed by atoms with Gasteiger partial charge < -0.3 is 4.98 Å². The summed E-state index contributed by atoms with van der Waals surface area (Å²) in [5, 5.41) is 0. The van der Waals surface area contributed by atoms with E-state index in [0.29, 0.717) is 5.75 Å². The summed E-state index contributed by atoms with van der Waals surface area (Å²) in [5.74, 6) is 4.16. The van der Waals surface area contributed by atoms with Crippen molar-refractivity contribution in [3.05, 3.63) is 42.7 Å². The van der Waals surface area contributed by atoms with E-state index in [1.54, 1.807) is 24.2 Å². The van der Waals surface area contributed by atoms with Crippen LogP contribution in [0, 0.1) is 12.3 Å². The van der Waals surface area contributed by atoms with E-state index in [2.05, 4.69) is 33.0 Å². The lowest BCUT2D eigenvalue weighted by Gasteiger charge is -2.00. The van der Waals surface area contributed by atoms with Gasteiger partial charge in [-0.15, -0.1) is 18.2 Å². The van der Waals surface area contributed by atoms with Crippen LogP contribution in [0.4, 0.5) is 0 Å². The predicted molar refractivity (Wildman–Crippen MR) is 78.9 cm³/mol. The minimum Gasteiger partial charge on any atom is -0.337 e. The average Bonchev–Trinajstić information content (AvgIpc) is 2.89. The van der Waals surface area contributed by atoms with E-state index >= 15 is 0 Å². The molecule has 3 rings (SSSR count). The zero-order valence-corrected chi connectivity index (χ0v) is 10.9. The van der Waals surface area contributed by atoms with Gasteiger partial charge in [-0.05, 0) is 18.2 Å². The number of aromatic amines is 1. The van der Waals surface area contributed by atoms with Crippen LogP contribution in [0.5, 0.6) is 0 Å². The third-order valence-corrected chi connectivity index (χ3v) is 3.61. The van der Waals surface area contributed by atoms with Crippen molar-refractivity contribution >= 4 is 22.8 Å². The molecule has 3 nitrogen and oxygen atoms in total. The molecule has 0 aliphatic rings. The van der Waals surface area contributed by atoms with Crippen molar-refractivity contribution in [2.45, 2.75) is 4.90 Å². The Morgan fingerprint density at radius 2 is 2.26 bits per heavy atom. The first kappa shape index (κ1) is 11.8. The number of imidazole rings is 1. The Kier molecular flexibility index (Phi) is 3.21. The van der Waals surface area contributed by atoms with Crippen molar-refractivity contribution in [2.24, 2.45) is 0 Å². The normalized spacial score (nSPS) is 10.5.